The number of fused-ring (bicyclic) bond motifs is 5. The molecule has 9 N–H and O–H groups in total. The van der Waals surface area contributed by atoms with Crippen molar-refractivity contribution in [3.05, 3.63) is 29.3 Å². The van der Waals surface area contributed by atoms with Crippen molar-refractivity contribution >= 4 is 60.4 Å². The molecule has 5 unspecified atom stereocenters. The number of aromatic nitrogens is 8. The number of anilines is 2. The molecule has 10 atom stereocenters. The Kier molecular flexibility index (Phi) is 7.52. The predicted octanol–water partition coefficient (Wildman–Crippen LogP) is -2.23. The van der Waals surface area contributed by atoms with Crippen LogP contribution in [0.25, 0.3) is 22.3 Å². The molecule has 0 radical (unpaired) electrons. The fourth-order valence-corrected chi connectivity index (χ4v) is 7.67. The number of nitrogens with two attached hydrogens (primary N) is 2. The van der Waals surface area contributed by atoms with Crippen molar-refractivity contribution in [2.45, 2.75) is 49.1 Å². The van der Waals surface area contributed by atoms with Crippen LogP contribution in [-0.4, -0.2) is 109 Å². The van der Waals surface area contributed by atoms with Crippen molar-refractivity contribution in [3.63, 3.8) is 0 Å². The zero-order chi connectivity index (χ0) is 31.8. The first-order valence-electron chi connectivity index (χ1n) is 13.0. The van der Waals surface area contributed by atoms with Crippen LogP contribution < -0.4 is 17.0 Å². The Labute approximate surface area is 254 Å². The van der Waals surface area contributed by atoms with Gasteiger partial charge in [0.15, 0.2) is 35.1 Å². The van der Waals surface area contributed by atoms with Gasteiger partial charge in [-0.2, -0.15) is 4.98 Å². The van der Waals surface area contributed by atoms with Gasteiger partial charge in [-0.15, -0.1) is 0 Å². The van der Waals surface area contributed by atoms with Gasteiger partial charge in [-0.1, -0.05) is 0 Å². The summed E-state index contributed by atoms with van der Waals surface area (Å²) in [6.45, 7) is -5.66. The van der Waals surface area contributed by atoms with Crippen molar-refractivity contribution in [2.24, 2.45) is 0 Å². The van der Waals surface area contributed by atoms with Crippen molar-refractivity contribution in [2.75, 3.05) is 24.7 Å². The molecule has 0 spiro atoms. The lowest BCUT2D eigenvalue weighted by molar-refractivity contribution is -0.0635. The second kappa shape index (κ2) is 11.1. The van der Waals surface area contributed by atoms with Crippen LogP contribution in [0.3, 0.4) is 0 Å². The van der Waals surface area contributed by atoms with Crippen molar-refractivity contribution in [1.29, 1.82) is 0 Å². The number of aromatic amines is 1. The second-order valence-electron chi connectivity index (χ2n) is 10.1. The summed E-state index contributed by atoms with van der Waals surface area (Å²) in [6.07, 6.45) is -8.14. The average Bonchev–Trinajstić information content (AvgIpc) is 3.72. The van der Waals surface area contributed by atoms with E-state index in [1.165, 1.54) is 21.8 Å². The third kappa shape index (κ3) is 5.44. The van der Waals surface area contributed by atoms with Gasteiger partial charge in [-0.3, -0.25) is 32.5 Å². The number of nitrogens with one attached hydrogen (secondary N) is 1. The first-order valence-corrected chi connectivity index (χ1v) is 17.0. The summed E-state index contributed by atoms with van der Waals surface area (Å²) in [5.41, 5.74) is 11.1. The molecular weight excluding hydrogens is 666 g/mol. The lowest BCUT2D eigenvalue weighted by Crippen LogP contribution is -2.36. The van der Waals surface area contributed by atoms with Crippen molar-refractivity contribution in [3.8, 4) is 0 Å². The summed E-state index contributed by atoms with van der Waals surface area (Å²) in [5.74, 6) is -0.181. The molecule has 0 amide bonds. The van der Waals surface area contributed by atoms with Gasteiger partial charge in [0.2, 0.25) is 5.95 Å². The zero-order valence-corrected chi connectivity index (χ0v) is 25.0. The number of nitrogen functional groups attached to an aromatic ring is 2. The molecule has 3 fully saturated rings. The van der Waals surface area contributed by atoms with Crippen LogP contribution in [-0.2, 0) is 43.9 Å². The van der Waals surface area contributed by atoms with Crippen molar-refractivity contribution in [1.82, 2.24) is 39.0 Å². The molecule has 22 nitrogen and oxygen atoms in total. The van der Waals surface area contributed by atoms with Crippen LogP contribution in [0, 0.1) is 0 Å². The van der Waals surface area contributed by atoms with Crippen LogP contribution >= 0.6 is 14.5 Å². The molecule has 3 saturated heterocycles. The molecule has 3 aliphatic rings. The van der Waals surface area contributed by atoms with Crippen LogP contribution in [0.1, 0.15) is 12.5 Å². The van der Waals surface area contributed by atoms with Gasteiger partial charge in [0.05, 0.1) is 25.9 Å². The third-order valence-corrected chi connectivity index (χ3v) is 9.87. The molecule has 0 aliphatic carbocycles. The quantitative estimate of drug-likeness (QED) is 0.109. The lowest BCUT2D eigenvalue weighted by atomic mass is 10.1. The summed E-state index contributed by atoms with van der Waals surface area (Å²) in [5, 5.41) is 22.3. The number of nitrogens with zero attached hydrogens (tertiary/aromatic N) is 7. The summed E-state index contributed by atoms with van der Waals surface area (Å²) >= 11 is 5.21. The summed E-state index contributed by atoms with van der Waals surface area (Å²) in [4.78, 5) is 56.5. The van der Waals surface area contributed by atoms with E-state index in [1.54, 1.807) is 0 Å². The van der Waals surface area contributed by atoms with Crippen LogP contribution in [0.2, 0.25) is 0 Å². The topological polar surface area (TPSA) is 313 Å². The Morgan fingerprint density at radius 3 is 2.36 bits per heavy atom. The molecule has 242 valence electrons. The molecule has 7 rings (SSSR count). The monoisotopic (exact) mass is 690 g/mol. The minimum atomic E-state index is -5.01. The van der Waals surface area contributed by atoms with Crippen LogP contribution in [0.4, 0.5) is 11.8 Å². The van der Waals surface area contributed by atoms with E-state index in [0.717, 1.165) is 6.33 Å². The highest BCUT2D eigenvalue weighted by Crippen LogP contribution is 2.53. The van der Waals surface area contributed by atoms with E-state index in [2.05, 4.69) is 29.9 Å². The van der Waals surface area contributed by atoms with Gasteiger partial charge < -0.3 is 45.5 Å². The van der Waals surface area contributed by atoms with E-state index in [-0.39, 0.29) is 34.1 Å². The van der Waals surface area contributed by atoms with E-state index in [0.29, 0.717) is 0 Å². The van der Waals surface area contributed by atoms with Gasteiger partial charge in [0.1, 0.15) is 48.5 Å². The number of hydrogen-bond acceptors (Lipinski definition) is 18. The van der Waals surface area contributed by atoms with Gasteiger partial charge in [0.25, 0.3) is 5.56 Å². The van der Waals surface area contributed by atoms with Gasteiger partial charge in [0, 0.05) is 0 Å². The number of H-pyrrole nitrogens is 1. The van der Waals surface area contributed by atoms with Gasteiger partial charge in [-0.25, -0.2) is 24.5 Å². The zero-order valence-electron chi connectivity index (χ0n) is 22.4. The normalized spacial score (nSPS) is 37.7. The molecular formula is C20H24N10O12P2S. The predicted molar refractivity (Wildman–Crippen MR) is 150 cm³/mol. The highest BCUT2D eigenvalue weighted by Gasteiger charge is 2.53. The average molecular weight is 690 g/mol. The van der Waals surface area contributed by atoms with E-state index in [1.807, 2.05) is 0 Å². The Morgan fingerprint density at radius 2 is 1.58 bits per heavy atom. The maximum Gasteiger partial charge on any atom is 0.472 e. The molecule has 45 heavy (non-hydrogen) atoms. The maximum absolute atomic E-state index is 13.1. The minimum Gasteiger partial charge on any atom is -0.387 e. The largest absolute Gasteiger partial charge is 0.472 e. The molecule has 7 heterocycles. The first-order chi connectivity index (χ1) is 21.3. The molecule has 25 heteroatoms. The fourth-order valence-electron chi connectivity index (χ4n) is 5.30. The summed E-state index contributed by atoms with van der Waals surface area (Å²) < 4.78 is 49.1. The first kappa shape index (κ1) is 30.6. The second-order valence-corrected chi connectivity index (χ2v) is 14.3. The number of rotatable bonds is 2. The van der Waals surface area contributed by atoms with E-state index in [9.17, 15) is 29.4 Å². The minimum absolute atomic E-state index is 0.0608. The fraction of sp³-hybridized carbons (Fsp3) is 0.500. The number of phosphoric ester groups is 1. The third-order valence-electron chi connectivity index (χ3n) is 7.32. The van der Waals surface area contributed by atoms with E-state index in [4.69, 9.17) is 50.8 Å². The Bertz CT molecular complexity index is 1940. The molecule has 2 bridgehead atoms. The Hall–Kier alpha value is -3.02. The molecule has 0 aromatic carbocycles. The molecule has 4 aromatic rings. The number of aliphatic hydroxyl groups excluding tert-OH is 2. The van der Waals surface area contributed by atoms with Gasteiger partial charge >= 0.3 is 14.5 Å². The number of ether oxygens (including phenoxy) is 2. The lowest BCUT2D eigenvalue weighted by Gasteiger charge is -2.27. The summed E-state index contributed by atoms with van der Waals surface area (Å²) in [6, 6.07) is 0. The Balaban J connectivity index is 1.21. The SMILES string of the molecule is Nc1nc2c(ncn2[C@@H]2O[C@@H]3COP(=O)(O)OC4[C@@H](COP(O)(=S)OC2C3O)O[C@@H](n2cnc3c(N)ncnc32)[C@H]4O)c(=O)[nH]1. The van der Waals surface area contributed by atoms with Crippen LogP contribution in [0.5, 0.6) is 0 Å². The standard InChI is InChI=1S/C20H24N10O12P2S/c21-14-8-15(24-3-23-14)29(4-25-8)18-11(32)12-7(40-18)2-38-44(36,45)42-13-10(31)6(1-37-43(34,35)41-12)39-19(13)30-5-26-9-16(30)27-20(22)28-17(9)33/h3-7,10-13,18-19,31-32H,1-2H2,(H,34,35)(H,36,45)(H2,21,23,24)(H3,22,27,28,33)/t6-,7-,10?,11+,12?,13?,18-,19-,44?/m1/s1. The Morgan fingerprint density at radius 1 is 0.889 bits per heavy atom. The number of imidazole rings is 2. The van der Waals surface area contributed by atoms with Gasteiger partial charge in [-0.05, 0) is 11.8 Å². The molecule has 4 aromatic heterocycles. The highest BCUT2D eigenvalue weighted by molar-refractivity contribution is 8.07. The number of phosphoric acid groups is 1. The summed E-state index contributed by atoms with van der Waals surface area (Å²) in [7, 11) is -5.01. The number of aliphatic hydroxyl groups is 2. The van der Waals surface area contributed by atoms with Crippen molar-refractivity contribution < 1.29 is 52.1 Å². The number of hydrogen-bond donors (Lipinski definition) is 7. The molecule has 3 aliphatic heterocycles. The smallest absolute Gasteiger partial charge is 0.387 e. The highest BCUT2D eigenvalue weighted by atomic mass is 32.5. The van der Waals surface area contributed by atoms with Crippen LogP contribution in [0.15, 0.2) is 23.8 Å². The maximum atomic E-state index is 13.1. The molecule has 0 saturated carbocycles. The van der Waals surface area contributed by atoms with E-state index >= 15 is 0 Å². The van der Waals surface area contributed by atoms with E-state index < -0.39 is 82.4 Å².